The van der Waals surface area contributed by atoms with E-state index in [1.165, 1.54) is 12.1 Å². The molecule has 2 amide bonds. The van der Waals surface area contributed by atoms with Crippen LogP contribution in [0.15, 0.2) is 36.5 Å². The van der Waals surface area contributed by atoms with E-state index in [2.05, 4.69) is 15.6 Å². The van der Waals surface area contributed by atoms with Crippen LogP contribution < -0.4 is 15.4 Å². The van der Waals surface area contributed by atoms with Gasteiger partial charge in [-0.05, 0) is 37.6 Å². The van der Waals surface area contributed by atoms with Gasteiger partial charge < -0.3 is 15.4 Å². The third-order valence-corrected chi connectivity index (χ3v) is 3.12. The van der Waals surface area contributed by atoms with Gasteiger partial charge in [-0.3, -0.25) is 14.6 Å². The lowest BCUT2D eigenvalue weighted by Gasteiger charge is -2.11. The maximum absolute atomic E-state index is 13.3. The van der Waals surface area contributed by atoms with Gasteiger partial charge >= 0.3 is 11.8 Å². The average Bonchev–Trinajstić information content (AvgIpc) is 2.56. The molecule has 0 unspecified atom stereocenters. The first-order valence-corrected chi connectivity index (χ1v) is 7.42. The van der Waals surface area contributed by atoms with E-state index in [1.807, 2.05) is 13.0 Å². The van der Waals surface area contributed by atoms with Crippen LogP contribution in [0.4, 0.5) is 10.1 Å². The number of benzene rings is 1. The van der Waals surface area contributed by atoms with Gasteiger partial charge in [-0.2, -0.15) is 0 Å². The molecular formula is C17H18FN3O3. The molecule has 7 heteroatoms. The number of anilines is 1. The Morgan fingerprint density at radius 1 is 1.21 bits per heavy atom. The van der Waals surface area contributed by atoms with E-state index in [0.29, 0.717) is 12.4 Å². The van der Waals surface area contributed by atoms with Gasteiger partial charge in [0, 0.05) is 24.5 Å². The predicted octanol–water partition coefficient (Wildman–Crippen LogP) is 2.18. The smallest absolute Gasteiger partial charge is 0.313 e. The number of nitrogens with one attached hydrogen (secondary N) is 2. The number of aromatic nitrogens is 1. The number of rotatable bonds is 5. The van der Waals surface area contributed by atoms with E-state index in [9.17, 15) is 14.0 Å². The SMILES string of the molecule is CCOc1ccc(F)cc1NC(=O)C(=O)NCc1ccc(C)nc1. The van der Waals surface area contributed by atoms with Crippen LogP contribution in [0.25, 0.3) is 0 Å². The van der Waals surface area contributed by atoms with Crippen molar-refractivity contribution in [2.75, 3.05) is 11.9 Å². The molecular weight excluding hydrogens is 313 g/mol. The van der Waals surface area contributed by atoms with Gasteiger partial charge in [0.05, 0.1) is 12.3 Å². The van der Waals surface area contributed by atoms with Crippen LogP contribution >= 0.6 is 0 Å². The fourth-order valence-corrected chi connectivity index (χ4v) is 1.93. The summed E-state index contributed by atoms with van der Waals surface area (Å²) in [4.78, 5) is 27.9. The Morgan fingerprint density at radius 2 is 2.00 bits per heavy atom. The molecule has 126 valence electrons. The average molecular weight is 331 g/mol. The zero-order valence-corrected chi connectivity index (χ0v) is 13.4. The summed E-state index contributed by atoms with van der Waals surface area (Å²) in [6, 6.07) is 7.32. The minimum Gasteiger partial charge on any atom is -0.492 e. The Hall–Kier alpha value is -2.96. The Kier molecular flexibility index (Phi) is 5.83. The number of carbonyl (C=O) groups is 2. The lowest BCUT2D eigenvalue weighted by Crippen LogP contribution is -2.35. The summed E-state index contributed by atoms with van der Waals surface area (Å²) in [6.45, 7) is 4.13. The van der Waals surface area contributed by atoms with E-state index in [4.69, 9.17) is 4.74 Å². The van der Waals surface area contributed by atoms with Gasteiger partial charge in [-0.1, -0.05) is 6.07 Å². The molecule has 1 aromatic heterocycles. The predicted molar refractivity (Wildman–Crippen MR) is 87.0 cm³/mol. The largest absolute Gasteiger partial charge is 0.492 e. The summed E-state index contributed by atoms with van der Waals surface area (Å²) in [6.07, 6.45) is 1.62. The molecule has 0 saturated heterocycles. The van der Waals surface area contributed by atoms with Gasteiger partial charge in [-0.25, -0.2) is 4.39 Å². The van der Waals surface area contributed by atoms with Crippen LogP contribution in [0.5, 0.6) is 5.75 Å². The fourth-order valence-electron chi connectivity index (χ4n) is 1.93. The molecule has 1 aromatic carbocycles. The highest BCUT2D eigenvalue weighted by atomic mass is 19.1. The molecule has 0 spiro atoms. The number of hydrogen-bond acceptors (Lipinski definition) is 4. The highest BCUT2D eigenvalue weighted by molar-refractivity contribution is 6.39. The minimum atomic E-state index is -0.901. The van der Waals surface area contributed by atoms with Crippen molar-refractivity contribution in [2.45, 2.75) is 20.4 Å². The number of nitrogens with zero attached hydrogens (tertiary/aromatic N) is 1. The monoisotopic (exact) mass is 331 g/mol. The van der Waals surface area contributed by atoms with Crippen molar-refractivity contribution in [3.63, 3.8) is 0 Å². The lowest BCUT2D eigenvalue weighted by molar-refractivity contribution is -0.136. The molecule has 6 nitrogen and oxygen atoms in total. The van der Waals surface area contributed by atoms with Gasteiger partial charge in [0.1, 0.15) is 11.6 Å². The molecule has 2 aromatic rings. The fraction of sp³-hybridized carbons (Fsp3) is 0.235. The summed E-state index contributed by atoms with van der Waals surface area (Å²) in [5, 5.41) is 4.83. The van der Waals surface area contributed by atoms with Gasteiger partial charge in [0.15, 0.2) is 0 Å². The van der Waals surface area contributed by atoms with Crippen LogP contribution in [0.2, 0.25) is 0 Å². The van der Waals surface area contributed by atoms with Crippen molar-refractivity contribution in [1.29, 1.82) is 0 Å². The number of hydrogen-bond donors (Lipinski definition) is 2. The van der Waals surface area contributed by atoms with E-state index in [1.54, 1.807) is 19.2 Å². The Balaban J connectivity index is 1.97. The Bertz CT molecular complexity index is 732. The standard InChI is InChI=1S/C17H18FN3O3/c1-3-24-15-7-6-13(18)8-14(15)21-17(23)16(22)20-10-12-5-4-11(2)19-9-12/h4-9H,3,10H2,1-2H3,(H,20,22)(H,21,23). The number of carbonyl (C=O) groups excluding carboxylic acids is 2. The first-order valence-electron chi connectivity index (χ1n) is 7.42. The van der Waals surface area contributed by atoms with E-state index >= 15 is 0 Å². The van der Waals surface area contributed by atoms with E-state index in [-0.39, 0.29) is 12.2 Å². The second-order valence-corrected chi connectivity index (χ2v) is 5.02. The highest BCUT2D eigenvalue weighted by Crippen LogP contribution is 2.25. The van der Waals surface area contributed by atoms with Crippen LogP contribution in [0.3, 0.4) is 0 Å². The third kappa shape index (κ3) is 4.77. The number of aryl methyl sites for hydroxylation is 1. The van der Waals surface area contributed by atoms with Crippen molar-refractivity contribution >= 4 is 17.5 Å². The van der Waals surface area contributed by atoms with Crippen molar-refractivity contribution in [1.82, 2.24) is 10.3 Å². The summed E-state index contributed by atoms with van der Waals surface area (Å²) < 4.78 is 18.6. The van der Waals surface area contributed by atoms with Crippen LogP contribution in [-0.4, -0.2) is 23.4 Å². The Labute approximate surface area is 139 Å². The summed E-state index contributed by atoms with van der Waals surface area (Å²) in [5.41, 5.74) is 1.73. The minimum absolute atomic E-state index is 0.106. The van der Waals surface area contributed by atoms with Crippen molar-refractivity contribution in [3.05, 3.63) is 53.6 Å². The third-order valence-electron chi connectivity index (χ3n) is 3.12. The number of amides is 2. The number of pyridine rings is 1. The van der Waals surface area contributed by atoms with Gasteiger partial charge in [0.2, 0.25) is 0 Å². The normalized spacial score (nSPS) is 10.1. The summed E-state index contributed by atoms with van der Waals surface area (Å²) in [7, 11) is 0. The number of ether oxygens (including phenoxy) is 1. The first kappa shape index (κ1) is 17.4. The zero-order valence-electron chi connectivity index (χ0n) is 13.4. The second kappa shape index (κ2) is 8.05. The molecule has 0 aliphatic carbocycles. The number of halogens is 1. The van der Waals surface area contributed by atoms with Crippen LogP contribution in [-0.2, 0) is 16.1 Å². The maximum Gasteiger partial charge on any atom is 0.313 e. The van der Waals surface area contributed by atoms with Gasteiger partial charge in [-0.15, -0.1) is 0 Å². The molecule has 0 aliphatic heterocycles. The molecule has 0 bridgehead atoms. The van der Waals surface area contributed by atoms with Gasteiger partial charge in [0.25, 0.3) is 0 Å². The molecule has 2 rings (SSSR count). The quantitative estimate of drug-likeness (QED) is 0.823. The molecule has 24 heavy (non-hydrogen) atoms. The molecule has 0 saturated carbocycles. The molecule has 1 heterocycles. The summed E-state index contributed by atoms with van der Waals surface area (Å²) >= 11 is 0. The van der Waals surface area contributed by atoms with Crippen molar-refractivity contribution in [2.24, 2.45) is 0 Å². The second-order valence-electron chi connectivity index (χ2n) is 5.02. The maximum atomic E-state index is 13.3. The van der Waals surface area contributed by atoms with Crippen molar-refractivity contribution < 1.29 is 18.7 Å². The first-order chi connectivity index (χ1) is 11.5. The molecule has 0 aliphatic rings. The molecule has 0 fully saturated rings. The Morgan fingerprint density at radius 3 is 2.67 bits per heavy atom. The van der Waals surface area contributed by atoms with Crippen molar-refractivity contribution in [3.8, 4) is 5.75 Å². The topological polar surface area (TPSA) is 80.3 Å². The molecule has 0 atom stereocenters. The lowest BCUT2D eigenvalue weighted by atomic mass is 10.2. The zero-order chi connectivity index (χ0) is 17.5. The van der Waals surface area contributed by atoms with E-state index < -0.39 is 17.6 Å². The highest BCUT2D eigenvalue weighted by Gasteiger charge is 2.16. The van der Waals surface area contributed by atoms with Crippen LogP contribution in [0, 0.1) is 12.7 Å². The van der Waals surface area contributed by atoms with Crippen LogP contribution in [0.1, 0.15) is 18.2 Å². The molecule has 0 radical (unpaired) electrons. The van der Waals surface area contributed by atoms with E-state index in [0.717, 1.165) is 17.3 Å². The summed E-state index contributed by atoms with van der Waals surface area (Å²) in [5.74, 6) is -1.98. The molecule has 2 N–H and O–H groups in total.